The third-order valence-electron chi connectivity index (χ3n) is 4.64. The summed E-state index contributed by atoms with van der Waals surface area (Å²) in [5, 5.41) is 7.02. The average molecular weight is 309 g/mol. The molecule has 1 aliphatic rings. The summed E-state index contributed by atoms with van der Waals surface area (Å²) in [6.07, 6.45) is 2.75. The number of carbonyl (C=O) groups is 1. The number of amides is 1. The van der Waals surface area contributed by atoms with Gasteiger partial charge in [-0.2, -0.15) is 5.10 Å². The molecule has 1 fully saturated rings. The SMILES string of the molecule is Cc1nc2ccccc2n1CC(=O)N1CCC(c2ccn[nH]2)C1. The van der Waals surface area contributed by atoms with Gasteiger partial charge in [0.15, 0.2) is 0 Å². The summed E-state index contributed by atoms with van der Waals surface area (Å²) < 4.78 is 2.00. The average Bonchev–Trinajstić information content (AvgIpc) is 3.27. The molecule has 0 bridgehead atoms. The van der Waals surface area contributed by atoms with Crippen molar-refractivity contribution in [1.29, 1.82) is 0 Å². The lowest BCUT2D eigenvalue weighted by molar-refractivity contribution is -0.130. The van der Waals surface area contributed by atoms with Gasteiger partial charge in [0.05, 0.1) is 11.0 Å². The molecule has 1 aromatic carbocycles. The molecule has 3 heterocycles. The van der Waals surface area contributed by atoms with Crippen molar-refractivity contribution in [2.75, 3.05) is 13.1 Å². The number of aromatic nitrogens is 4. The van der Waals surface area contributed by atoms with E-state index in [1.807, 2.05) is 46.7 Å². The summed E-state index contributed by atoms with van der Waals surface area (Å²) in [5.41, 5.74) is 3.07. The van der Waals surface area contributed by atoms with E-state index in [9.17, 15) is 4.79 Å². The van der Waals surface area contributed by atoms with Crippen LogP contribution < -0.4 is 0 Å². The number of carbonyl (C=O) groups excluding carboxylic acids is 1. The fraction of sp³-hybridized carbons (Fsp3) is 0.353. The van der Waals surface area contributed by atoms with Crippen molar-refractivity contribution < 1.29 is 4.79 Å². The highest BCUT2D eigenvalue weighted by Gasteiger charge is 2.28. The fourth-order valence-corrected chi connectivity index (χ4v) is 3.37. The summed E-state index contributed by atoms with van der Waals surface area (Å²) >= 11 is 0. The summed E-state index contributed by atoms with van der Waals surface area (Å²) in [5.74, 6) is 1.39. The minimum Gasteiger partial charge on any atom is -0.340 e. The molecule has 4 rings (SSSR count). The molecule has 2 aromatic heterocycles. The molecule has 1 atom stereocenters. The van der Waals surface area contributed by atoms with E-state index in [1.165, 1.54) is 0 Å². The van der Waals surface area contributed by atoms with Crippen LogP contribution in [-0.2, 0) is 11.3 Å². The zero-order chi connectivity index (χ0) is 15.8. The Labute approximate surface area is 134 Å². The number of para-hydroxylation sites is 2. The van der Waals surface area contributed by atoms with Gasteiger partial charge < -0.3 is 9.47 Å². The highest BCUT2D eigenvalue weighted by atomic mass is 16.2. The maximum absolute atomic E-state index is 12.7. The molecule has 6 heteroatoms. The van der Waals surface area contributed by atoms with Crippen LogP contribution in [-0.4, -0.2) is 43.6 Å². The Morgan fingerprint density at radius 1 is 1.35 bits per heavy atom. The van der Waals surface area contributed by atoms with Crippen LogP contribution in [0.2, 0.25) is 0 Å². The lowest BCUT2D eigenvalue weighted by Gasteiger charge is -2.17. The first kappa shape index (κ1) is 14.0. The molecule has 23 heavy (non-hydrogen) atoms. The van der Waals surface area contributed by atoms with Crippen LogP contribution >= 0.6 is 0 Å². The number of hydrogen-bond donors (Lipinski definition) is 1. The van der Waals surface area contributed by atoms with Crippen LogP contribution in [0.15, 0.2) is 36.5 Å². The third kappa shape index (κ3) is 2.50. The lowest BCUT2D eigenvalue weighted by Crippen LogP contribution is -2.32. The molecule has 1 N–H and O–H groups in total. The summed E-state index contributed by atoms with van der Waals surface area (Å²) in [6, 6.07) is 9.94. The number of rotatable bonds is 3. The smallest absolute Gasteiger partial charge is 0.242 e. The molecule has 3 aromatic rings. The van der Waals surface area contributed by atoms with E-state index in [-0.39, 0.29) is 5.91 Å². The molecule has 1 unspecified atom stereocenters. The Kier molecular flexibility index (Phi) is 3.37. The van der Waals surface area contributed by atoms with E-state index in [4.69, 9.17) is 0 Å². The first-order valence-corrected chi connectivity index (χ1v) is 7.91. The molecule has 0 saturated carbocycles. The number of benzene rings is 1. The van der Waals surface area contributed by atoms with E-state index >= 15 is 0 Å². The van der Waals surface area contributed by atoms with E-state index in [1.54, 1.807) is 6.20 Å². The van der Waals surface area contributed by atoms with Gasteiger partial charge in [0.1, 0.15) is 12.4 Å². The van der Waals surface area contributed by atoms with Crippen LogP contribution in [0.4, 0.5) is 0 Å². The number of hydrogen-bond acceptors (Lipinski definition) is 3. The molecule has 118 valence electrons. The van der Waals surface area contributed by atoms with E-state index in [2.05, 4.69) is 15.2 Å². The summed E-state index contributed by atoms with van der Waals surface area (Å²) in [7, 11) is 0. The largest absolute Gasteiger partial charge is 0.340 e. The standard InChI is InChI=1S/C17H19N5O/c1-12-19-15-4-2-3-5-16(15)22(12)11-17(23)21-9-7-13(10-21)14-6-8-18-20-14/h2-6,8,13H,7,9-11H2,1H3,(H,18,20). The molecule has 1 amide bonds. The zero-order valence-electron chi connectivity index (χ0n) is 13.1. The number of H-pyrrole nitrogens is 1. The normalized spacial score (nSPS) is 18.0. The number of nitrogens with zero attached hydrogens (tertiary/aromatic N) is 4. The quantitative estimate of drug-likeness (QED) is 0.805. The Hall–Kier alpha value is -2.63. The molecule has 6 nitrogen and oxygen atoms in total. The molecule has 0 aliphatic carbocycles. The van der Waals surface area contributed by atoms with Crippen LogP contribution in [0.25, 0.3) is 11.0 Å². The topological polar surface area (TPSA) is 66.8 Å². The highest BCUT2D eigenvalue weighted by Crippen LogP contribution is 2.26. The second kappa shape index (κ2) is 5.53. The van der Waals surface area contributed by atoms with Gasteiger partial charge in [0, 0.05) is 30.9 Å². The van der Waals surface area contributed by atoms with Crippen LogP contribution in [0, 0.1) is 6.92 Å². The zero-order valence-corrected chi connectivity index (χ0v) is 13.1. The predicted octanol–water partition coefficient (Wildman–Crippen LogP) is 2.08. The van der Waals surface area contributed by atoms with Gasteiger partial charge in [-0.3, -0.25) is 9.89 Å². The molecule has 1 aliphatic heterocycles. The van der Waals surface area contributed by atoms with Gasteiger partial charge in [-0.15, -0.1) is 0 Å². The maximum atomic E-state index is 12.7. The van der Waals surface area contributed by atoms with Crippen molar-refractivity contribution in [3.05, 3.63) is 48.0 Å². The second-order valence-corrected chi connectivity index (χ2v) is 6.07. The first-order chi connectivity index (χ1) is 11.2. The van der Waals surface area contributed by atoms with Crippen molar-refractivity contribution in [3.63, 3.8) is 0 Å². The fourth-order valence-electron chi connectivity index (χ4n) is 3.37. The maximum Gasteiger partial charge on any atom is 0.242 e. The van der Waals surface area contributed by atoms with E-state index in [0.29, 0.717) is 12.5 Å². The van der Waals surface area contributed by atoms with E-state index in [0.717, 1.165) is 42.1 Å². The van der Waals surface area contributed by atoms with E-state index < -0.39 is 0 Å². The van der Waals surface area contributed by atoms with Gasteiger partial charge in [0.25, 0.3) is 0 Å². The second-order valence-electron chi connectivity index (χ2n) is 6.07. The molecular weight excluding hydrogens is 290 g/mol. The minimum atomic E-state index is 0.151. The number of likely N-dealkylation sites (tertiary alicyclic amines) is 1. The Morgan fingerprint density at radius 3 is 3.04 bits per heavy atom. The third-order valence-corrected chi connectivity index (χ3v) is 4.64. The van der Waals surface area contributed by atoms with Gasteiger partial charge in [-0.1, -0.05) is 12.1 Å². The van der Waals surface area contributed by atoms with Crippen LogP contribution in [0.5, 0.6) is 0 Å². The molecular formula is C17H19N5O. The number of nitrogens with one attached hydrogen (secondary N) is 1. The lowest BCUT2D eigenvalue weighted by atomic mass is 10.1. The van der Waals surface area contributed by atoms with Crippen molar-refractivity contribution in [3.8, 4) is 0 Å². The van der Waals surface area contributed by atoms with Crippen molar-refractivity contribution >= 4 is 16.9 Å². The van der Waals surface area contributed by atoms with Crippen molar-refractivity contribution in [1.82, 2.24) is 24.6 Å². The Balaban J connectivity index is 1.51. The number of aromatic amines is 1. The van der Waals surface area contributed by atoms with Crippen LogP contribution in [0.1, 0.15) is 23.9 Å². The van der Waals surface area contributed by atoms with Gasteiger partial charge in [0.2, 0.25) is 5.91 Å². The molecule has 0 radical (unpaired) electrons. The van der Waals surface area contributed by atoms with Crippen LogP contribution in [0.3, 0.4) is 0 Å². The predicted molar refractivity (Wildman–Crippen MR) is 87.0 cm³/mol. The highest BCUT2D eigenvalue weighted by molar-refractivity contribution is 5.81. The Bertz CT molecular complexity index is 836. The first-order valence-electron chi connectivity index (χ1n) is 7.91. The monoisotopic (exact) mass is 309 g/mol. The van der Waals surface area contributed by atoms with Crippen molar-refractivity contribution in [2.45, 2.75) is 25.8 Å². The number of imidazole rings is 1. The van der Waals surface area contributed by atoms with Gasteiger partial charge in [-0.05, 0) is 31.5 Å². The minimum absolute atomic E-state index is 0.151. The molecule has 1 saturated heterocycles. The van der Waals surface area contributed by atoms with Gasteiger partial charge in [-0.25, -0.2) is 4.98 Å². The Morgan fingerprint density at radius 2 is 2.22 bits per heavy atom. The number of fused-ring (bicyclic) bond motifs is 1. The molecule has 0 spiro atoms. The summed E-state index contributed by atoms with van der Waals surface area (Å²) in [4.78, 5) is 19.1. The number of aryl methyl sites for hydroxylation is 1. The van der Waals surface area contributed by atoms with Crippen molar-refractivity contribution in [2.24, 2.45) is 0 Å². The summed E-state index contributed by atoms with van der Waals surface area (Å²) in [6.45, 7) is 3.85. The van der Waals surface area contributed by atoms with Gasteiger partial charge >= 0.3 is 0 Å².